The third kappa shape index (κ3) is 6.55. The molecule has 1 aromatic carbocycles. The summed E-state index contributed by atoms with van der Waals surface area (Å²) in [5, 5.41) is 9.20. The van der Waals surface area contributed by atoms with Crippen LogP contribution in [0, 0.1) is 0 Å². The summed E-state index contributed by atoms with van der Waals surface area (Å²) in [6, 6.07) is 5.18. The Labute approximate surface area is 122 Å². The summed E-state index contributed by atoms with van der Waals surface area (Å²) in [4.78, 5) is 10.5. The van der Waals surface area contributed by atoms with Gasteiger partial charge in [-0.15, -0.1) is 0 Å². The Kier molecular flexibility index (Phi) is 7.45. The highest BCUT2D eigenvalue weighted by Crippen LogP contribution is 2.24. The van der Waals surface area contributed by atoms with Crippen molar-refractivity contribution < 1.29 is 14.6 Å². The van der Waals surface area contributed by atoms with Crippen LogP contribution < -0.4 is 4.74 Å². The number of carboxylic acids is 1. The number of aliphatic carboxylic acids is 1. The van der Waals surface area contributed by atoms with E-state index in [0.29, 0.717) is 22.9 Å². The maximum atomic E-state index is 10.5. The van der Waals surface area contributed by atoms with Crippen LogP contribution in [-0.2, 0) is 4.79 Å². The number of benzene rings is 1. The number of carbonyl (C=O) groups is 1. The molecule has 1 rings (SSSR count). The fourth-order valence-electron chi connectivity index (χ4n) is 1.43. The second kappa shape index (κ2) is 8.88. The van der Waals surface area contributed by atoms with Crippen molar-refractivity contribution in [2.75, 3.05) is 18.1 Å². The molecule has 104 valence electrons. The fourth-order valence-corrected chi connectivity index (χ4v) is 2.22. The minimum Gasteiger partial charge on any atom is -0.493 e. The Balaban J connectivity index is 2.63. The number of carboxylic acid groups (broad SMARTS) is 1. The van der Waals surface area contributed by atoms with Crippen LogP contribution in [-0.4, -0.2) is 29.2 Å². The maximum Gasteiger partial charge on any atom is 0.328 e. The lowest BCUT2D eigenvalue weighted by molar-refractivity contribution is -0.131. The summed E-state index contributed by atoms with van der Waals surface area (Å²) in [5.41, 5.74) is 0.679. The molecule has 0 bridgehead atoms. The van der Waals surface area contributed by atoms with Crippen LogP contribution in [0.1, 0.15) is 18.9 Å². The Bertz CT molecular complexity index is 446. The predicted octanol–water partition coefficient (Wildman–Crippen LogP) is 3.96. The van der Waals surface area contributed by atoms with Crippen LogP contribution in [0.3, 0.4) is 0 Å². The number of hydrogen-bond acceptors (Lipinski definition) is 3. The highest BCUT2D eigenvalue weighted by atomic mass is 35.5. The molecule has 0 aliphatic carbocycles. The van der Waals surface area contributed by atoms with Gasteiger partial charge in [0.1, 0.15) is 5.75 Å². The number of rotatable bonds is 8. The van der Waals surface area contributed by atoms with Gasteiger partial charge in [-0.25, -0.2) is 4.79 Å². The third-order valence-electron chi connectivity index (χ3n) is 2.27. The van der Waals surface area contributed by atoms with Gasteiger partial charge in [-0.3, -0.25) is 0 Å². The average molecular weight is 301 g/mol. The molecule has 0 spiro atoms. The largest absolute Gasteiger partial charge is 0.493 e. The second-order valence-electron chi connectivity index (χ2n) is 3.75. The molecule has 0 aliphatic heterocycles. The quantitative estimate of drug-likeness (QED) is 0.583. The van der Waals surface area contributed by atoms with E-state index in [1.807, 2.05) is 11.8 Å². The average Bonchev–Trinajstić information content (AvgIpc) is 2.38. The van der Waals surface area contributed by atoms with Crippen LogP contribution in [0.15, 0.2) is 24.3 Å². The van der Waals surface area contributed by atoms with Gasteiger partial charge in [0.2, 0.25) is 0 Å². The van der Waals surface area contributed by atoms with Gasteiger partial charge in [0.05, 0.1) is 6.61 Å². The molecular formula is C14H17ClO3S. The zero-order valence-corrected chi connectivity index (χ0v) is 12.3. The van der Waals surface area contributed by atoms with Crippen molar-refractivity contribution in [3.05, 3.63) is 34.9 Å². The maximum absolute atomic E-state index is 10.5. The minimum atomic E-state index is -0.995. The number of hydrogen-bond donors (Lipinski definition) is 1. The van der Waals surface area contributed by atoms with E-state index in [0.717, 1.165) is 24.0 Å². The second-order valence-corrected chi connectivity index (χ2v) is 5.58. The summed E-state index contributed by atoms with van der Waals surface area (Å²) in [5.74, 6) is 1.83. The Morgan fingerprint density at radius 2 is 2.32 bits per heavy atom. The lowest BCUT2D eigenvalue weighted by atomic mass is 10.2. The van der Waals surface area contributed by atoms with Gasteiger partial charge < -0.3 is 9.84 Å². The van der Waals surface area contributed by atoms with E-state index in [9.17, 15) is 4.79 Å². The first kappa shape index (κ1) is 15.9. The molecule has 0 fully saturated rings. The highest BCUT2D eigenvalue weighted by molar-refractivity contribution is 7.99. The lowest BCUT2D eigenvalue weighted by Crippen LogP contribution is -2.00. The molecule has 0 amide bonds. The molecule has 19 heavy (non-hydrogen) atoms. The van der Waals surface area contributed by atoms with Gasteiger partial charge in [0.25, 0.3) is 0 Å². The Morgan fingerprint density at radius 1 is 1.53 bits per heavy atom. The number of ether oxygens (including phenoxy) is 1. The molecule has 5 heteroatoms. The van der Waals surface area contributed by atoms with Gasteiger partial charge in [0, 0.05) is 16.7 Å². The predicted molar refractivity (Wildman–Crippen MR) is 81.2 cm³/mol. The first-order valence-corrected chi connectivity index (χ1v) is 7.58. The molecule has 0 heterocycles. The van der Waals surface area contributed by atoms with E-state index in [2.05, 4.69) is 6.92 Å². The first-order chi connectivity index (χ1) is 9.13. The van der Waals surface area contributed by atoms with Crippen LogP contribution in [0.2, 0.25) is 5.02 Å². The molecule has 0 atom stereocenters. The number of thioether (sulfide) groups is 1. The van der Waals surface area contributed by atoms with Crippen molar-refractivity contribution in [3.63, 3.8) is 0 Å². The Morgan fingerprint density at radius 3 is 3.00 bits per heavy atom. The molecule has 1 N–H and O–H groups in total. The van der Waals surface area contributed by atoms with E-state index >= 15 is 0 Å². The zero-order chi connectivity index (χ0) is 14.1. The van der Waals surface area contributed by atoms with Crippen LogP contribution in [0.25, 0.3) is 6.08 Å². The van der Waals surface area contributed by atoms with E-state index < -0.39 is 5.97 Å². The lowest BCUT2D eigenvalue weighted by Gasteiger charge is -2.09. The molecule has 0 aromatic heterocycles. The summed E-state index contributed by atoms with van der Waals surface area (Å²) < 4.78 is 5.65. The van der Waals surface area contributed by atoms with E-state index in [-0.39, 0.29) is 0 Å². The van der Waals surface area contributed by atoms with Crippen LogP contribution in [0.4, 0.5) is 0 Å². The number of halogens is 1. The van der Waals surface area contributed by atoms with Gasteiger partial charge >= 0.3 is 5.97 Å². The molecule has 0 aliphatic rings. The Hall–Kier alpha value is -1.13. The summed E-state index contributed by atoms with van der Waals surface area (Å²) >= 11 is 7.77. The summed E-state index contributed by atoms with van der Waals surface area (Å²) in [6.07, 6.45) is 3.53. The van der Waals surface area contributed by atoms with E-state index in [1.54, 1.807) is 18.2 Å². The molecule has 0 radical (unpaired) electrons. The molecule has 0 unspecified atom stereocenters. The zero-order valence-electron chi connectivity index (χ0n) is 10.8. The minimum absolute atomic E-state index is 0.555. The van der Waals surface area contributed by atoms with Gasteiger partial charge in [0.15, 0.2) is 0 Å². The smallest absolute Gasteiger partial charge is 0.328 e. The van der Waals surface area contributed by atoms with Gasteiger partial charge in [-0.2, -0.15) is 11.8 Å². The van der Waals surface area contributed by atoms with Crippen LogP contribution in [0.5, 0.6) is 5.75 Å². The topological polar surface area (TPSA) is 46.5 Å². The van der Waals surface area contributed by atoms with Crippen molar-refractivity contribution in [1.82, 2.24) is 0 Å². The van der Waals surface area contributed by atoms with E-state index in [4.69, 9.17) is 21.4 Å². The van der Waals surface area contributed by atoms with E-state index in [1.165, 1.54) is 6.08 Å². The van der Waals surface area contributed by atoms with Gasteiger partial charge in [-0.1, -0.05) is 18.5 Å². The standard InChI is InChI=1S/C14H17ClO3S/c1-2-19-9-3-8-18-13-6-5-12(15)10-11(13)4-7-14(16)17/h4-7,10H,2-3,8-9H2,1H3,(H,16,17)/b7-4+. The van der Waals surface area contributed by atoms with Crippen molar-refractivity contribution in [2.45, 2.75) is 13.3 Å². The van der Waals surface area contributed by atoms with Crippen molar-refractivity contribution in [1.29, 1.82) is 0 Å². The van der Waals surface area contributed by atoms with Crippen molar-refractivity contribution in [2.24, 2.45) is 0 Å². The van der Waals surface area contributed by atoms with Crippen molar-refractivity contribution >= 4 is 35.4 Å². The fraction of sp³-hybridized carbons (Fsp3) is 0.357. The summed E-state index contributed by atoms with van der Waals surface area (Å²) in [7, 11) is 0. The van der Waals surface area contributed by atoms with Crippen LogP contribution >= 0.6 is 23.4 Å². The van der Waals surface area contributed by atoms with Crippen molar-refractivity contribution in [3.8, 4) is 5.75 Å². The molecular weight excluding hydrogens is 284 g/mol. The normalized spacial score (nSPS) is 10.8. The molecule has 1 aromatic rings. The SMILES string of the molecule is CCSCCCOc1ccc(Cl)cc1/C=C/C(=O)O. The molecule has 0 saturated heterocycles. The first-order valence-electron chi connectivity index (χ1n) is 6.04. The third-order valence-corrected chi connectivity index (χ3v) is 3.49. The summed E-state index contributed by atoms with van der Waals surface area (Å²) in [6.45, 7) is 2.74. The molecule has 3 nitrogen and oxygen atoms in total. The monoisotopic (exact) mass is 300 g/mol. The van der Waals surface area contributed by atoms with Gasteiger partial charge in [-0.05, 0) is 42.2 Å². The molecule has 0 saturated carbocycles. The highest BCUT2D eigenvalue weighted by Gasteiger charge is 2.03.